The van der Waals surface area contributed by atoms with Gasteiger partial charge < -0.3 is 15.4 Å². The summed E-state index contributed by atoms with van der Waals surface area (Å²) in [5.74, 6) is -0.852. The number of nitrogens with one attached hydrogen (secondary N) is 3. The average Bonchev–Trinajstić information content (AvgIpc) is 2.84. The number of carboxylic acid groups (broad SMARTS) is 1. The largest absolute Gasteiger partial charge is 0.481 e. The molecule has 1 aliphatic rings. The third-order valence-electron chi connectivity index (χ3n) is 3.16. The molecule has 1 unspecified atom stereocenters. The van der Waals surface area contributed by atoms with Gasteiger partial charge in [0.05, 0.1) is 23.8 Å². The van der Waals surface area contributed by atoms with Crippen LogP contribution in [0.5, 0.6) is 0 Å². The first-order chi connectivity index (χ1) is 9.16. The van der Waals surface area contributed by atoms with Crippen LogP contribution in [0, 0.1) is 0 Å². The lowest BCUT2D eigenvalue weighted by atomic mass is 10.0. The van der Waals surface area contributed by atoms with Gasteiger partial charge in [0.25, 0.3) is 0 Å². The highest BCUT2D eigenvalue weighted by Gasteiger charge is 2.25. The fraction of sp³-hybridized carbons (Fsp3) is 0.583. The molecule has 104 valence electrons. The Bertz CT molecular complexity index is 458. The molecule has 1 aromatic rings. The lowest BCUT2D eigenvalue weighted by Gasteiger charge is -2.22. The first-order valence-electron chi connectivity index (χ1n) is 6.41. The van der Waals surface area contributed by atoms with E-state index >= 15 is 0 Å². The second-order valence-corrected chi connectivity index (χ2v) is 4.61. The van der Waals surface area contributed by atoms with Crippen molar-refractivity contribution in [3.8, 4) is 0 Å². The summed E-state index contributed by atoms with van der Waals surface area (Å²) in [7, 11) is 0. The molecule has 0 radical (unpaired) electrons. The zero-order chi connectivity index (χ0) is 13.7. The number of carbonyl (C=O) groups excluding carboxylic acids is 1. The van der Waals surface area contributed by atoms with Gasteiger partial charge in [0, 0.05) is 25.9 Å². The van der Waals surface area contributed by atoms with E-state index in [2.05, 4.69) is 20.6 Å². The summed E-state index contributed by atoms with van der Waals surface area (Å²) in [4.78, 5) is 29.4. The number of imidazole rings is 1. The van der Waals surface area contributed by atoms with Gasteiger partial charge in [0.15, 0.2) is 0 Å². The number of unbranched alkanes of at least 4 members (excludes halogenated alkanes) is 1. The van der Waals surface area contributed by atoms with Crippen molar-refractivity contribution in [2.24, 2.45) is 0 Å². The molecular weight excluding hydrogens is 248 g/mol. The number of fused-ring (bicyclic) bond motifs is 1. The number of aliphatic carboxylic acids is 1. The summed E-state index contributed by atoms with van der Waals surface area (Å²) in [5.41, 5.74) is 1.97. The van der Waals surface area contributed by atoms with Crippen LogP contribution in [0.4, 0.5) is 0 Å². The van der Waals surface area contributed by atoms with Crippen LogP contribution in [0.25, 0.3) is 0 Å². The molecule has 0 fully saturated rings. The van der Waals surface area contributed by atoms with Gasteiger partial charge in [-0.05, 0) is 12.8 Å². The Morgan fingerprint density at radius 2 is 2.32 bits per heavy atom. The molecule has 0 saturated carbocycles. The third-order valence-corrected chi connectivity index (χ3v) is 3.16. The number of hydrogen-bond acceptors (Lipinski definition) is 4. The Balaban J connectivity index is 1.68. The molecule has 0 aromatic carbocycles. The van der Waals surface area contributed by atoms with Crippen molar-refractivity contribution in [1.29, 1.82) is 0 Å². The predicted octanol–water partition coefficient (Wildman–Crippen LogP) is -0.205. The van der Waals surface area contributed by atoms with Gasteiger partial charge in [0.2, 0.25) is 5.91 Å². The summed E-state index contributed by atoms with van der Waals surface area (Å²) in [6.07, 6.45) is 3.63. The molecule has 7 nitrogen and oxygen atoms in total. The Hall–Kier alpha value is -1.89. The Labute approximate surface area is 110 Å². The van der Waals surface area contributed by atoms with E-state index in [1.54, 1.807) is 6.33 Å². The number of amides is 1. The zero-order valence-electron chi connectivity index (χ0n) is 10.6. The smallest absolute Gasteiger partial charge is 0.303 e. The van der Waals surface area contributed by atoms with Crippen molar-refractivity contribution < 1.29 is 14.7 Å². The highest BCUT2D eigenvalue weighted by Crippen LogP contribution is 2.12. The summed E-state index contributed by atoms with van der Waals surface area (Å²) in [6.45, 7) is 1.13. The van der Waals surface area contributed by atoms with Gasteiger partial charge in [-0.1, -0.05) is 0 Å². The van der Waals surface area contributed by atoms with Crippen LogP contribution in [0.2, 0.25) is 0 Å². The molecule has 2 heterocycles. The molecule has 19 heavy (non-hydrogen) atoms. The molecule has 7 heteroatoms. The van der Waals surface area contributed by atoms with E-state index in [-0.39, 0.29) is 18.4 Å². The average molecular weight is 266 g/mol. The predicted molar refractivity (Wildman–Crippen MR) is 67.4 cm³/mol. The number of nitrogens with zero attached hydrogens (tertiary/aromatic N) is 1. The number of carbonyl (C=O) groups is 2. The number of aromatic nitrogens is 2. The van der Waals surface area contributed by atoms with E-state index < -0.39 is 5.97 Å². The number of rotatable bonds is 6. The van der Waals surface area contributed by atoms with E-state index in [9.17, 15) is 9.59 Å². The summed E-state index contributed by atoms with van der Waals surface area (Å²) in [6, 6.07) is -0.254. The number of H-pyrrole nitrogens is 1. The monoisotopic (exact) mass is 266 g/mol. The topological polar surface area (TPSA) is 107 Å². The van der Waals surface area contributed by atoms with Gasteiger partial charge >= 0.3 is 5.97 Å². The maximum atomic E-state index is 11.9. The van der Waals surface area contributed by atoms with Gasteiger partial charge in [-0.15, -0.1) is 0 Å². The summed E-state index contributed by atoms with van der Waals surface area (Å²) in [5, 5.41) is 14.5. The molecule has 0 spiro atoms. The highest BCUT2D eigenvalue weighted by molar-refractivity contribution is 5.82. The van der Waals surface area contributed by atoms with E-state index in [4.69, 9.17) is 5.11 Å². The van der Waals surface area contributed by atoms with E-state index in [1.807, 2.05) is 0 Å². The second-order valence-electron chi connectivity index (χ2n) is 4.61. The molecule has 0 bridgehead atoms. The minimum atomic E-state index is -0.800. The molecule has 0 aliphatic carbocycles. The molecule has 2 rings (SSSR count). The van der Waals surface area contributed by atoms with Crippen molar-refractivity contribution in [1.82, 2.24) is 20.6 Å². The van der Waals surface area contributed by atoms with Crippen LogP contribution in [0.15, 0.2) is 6.33 Å². The Morgan fingerprint density at radius 1 is 1.47 bits per heavy atom. The minimum Gasteiger partial charge on any atom is -0.481 e. The fourth-order valence-corrected chi connectivity index (χ4v) is 2.09. The number of hydrogen-bond donors (Lipinski definition) is 4. The standard InChI is InChI=1S/C12H18N4O3/c17-11(18)3-1-2-4-13-12(19)9-5-8-10(6-14-9)16-7-15-8/h7,9,14H,1-6H2,(H,13,19)(H,15,16)(H,17,18). The normalized spacial score (nSPS) is 17.8. The second kappa shape index (κ2) is 6.33. The first kappa shape index (κ1) is 13.5. The fourth-order valence-electron chi connectivity index (χ4n) is 2.09. The van der Waals surface area contributed by atoms with Crippen LogP contribution in [0.1, 0.15) is 30.7 Å². The zero-order valence-corrected chi connectivity index (χ0v) is 10.6. The van der Waals surface area contributed by atoms with Crippen molar-refractivity contribution in [2.45, 2.75) is 38.3 Å². The van der Waals surface area contributed by atoms with Crippen LogP contribution in [-0.2, 0) is 22.6 Å². The molecule has 1 aliphatic heterocycles. The maximum Gasteiger partial charge on any atom is 0.303 e. The summed E-state index contributed by atoms with van der Waals surface area (Å²) >= 11 is 0. The Morgan fingerprint density at radius 3 is 3.11 bits per heavy atom. The molecule has 4 N–H and O–H groups in total. The summed E-state index contributed by atoms with van der Waals surface area (Å²) < 4.78 is 0. The van der Waals surface area contributed by atoms with Gasteiger partial charge in [-0.3, -0.25) is 14.9 Å². The van der Waals surface area contributed by atoms with E-state index in [1.165, 1.54) is 0 Å². The lowest BCUT2D eigenvalue weighted by molar-refractivity contribution is -0.137. The van der Waals surface area contributed by atoms with Crippen LogP contribution in [0.3, 0.4) is 0 Å². The van der Waals surface area contributed by atoms with E-state index in [0.717, 1.165) is 11.4 Å². The van der Waals surface area contributed by atoms with E-state index in [0.29, 0.717) is 32.4 Å². The molecule has 1 atom stereocenters. The van der Waals surface area contributed by atoms with Crippen molar-refractivity contribution >= 4 is 11.9 Å². The highest BCUT2D eigenvalue weighted by atomic mass is 16.4. The minimum absolute atomic E-state index is 0.0519. The quantitative estimate of drug-likeness (QED) is 0.533. The first-order valence-corrected chi connectivity index (χ1v) is 6.41. The number of carboxylic acids is 1. The van der Waals surface area contributed by atoms with Crippen LogP contribution >= 0.6 is 0 Å². The van der Waals surface area contributed by atoms with Gasteiger partial charge in [-0.25, -0.2) is 4.98 Å². The van der Waals surface area contributed by atoms with Crippen molar-refractivity contribution in [3.63, 3.8) is 0 Å². The molecule has 0 saturated heterocycles. The third kappa shape index (κ3) is 3.78. The van der Waals surface area contributed by atoms with Gasteiger partial charge in [-0.2, -0.15) is 0 Å². The molecular formula is C12H18N4O3. The van der Waals surface area contributed by atoms with Gasteiger partial charge in [0.1, 0.15) is 0 Å². The molecule has 1 amide bonds. The van der Waals surface area contributed by atoms with Crippen molar-refractivity contribution in [3.05, 3.63) is 17.7 Å². The van der Waals surface area contributed by atoms with Crippen molar-refractivity contribution in [2.75, 3.05) is 6.54 Å². The van der Waals surface area contributed by atoms with Crippen LogP contribution < -0.4 is 10.6 Å². The van der Waals surface area contributed by atoms with Crippen LogP contribution in [-0.4, -0.2) is 39.5 Å². The SMILES string of the molecule is O=C(O)CCCCNC(=O)C1Cc2nc[nH]c2CN1. The molecule has 1 aromatic heterocycles. The Kier molecular flexibility index (Phi) is 4.51. The number of aromatic amines is 1. The lowest BCUT2D eigenvalue weighted by Crippen LogP contribution is -2.47. The maximum absolute atomic E-state index is 11.9.